The fourth-order valence-electron chi connectivity index (χ4n) is 3.53. The molecule has 1 unspecified atom stereocenters. The van der Waals surface area contributed by atoms with Crippen LogP contribution in [0.15, 0.2) is 0 Å². The largest absolute Gasteiger partial charge is 0.414 e. The van der Waals surface area contributed by atoms with Crippen LogP contribution in [-0.4, -0.2) is 21.7 Å². The van der Waals surface area contributed by atoms with Crippen LogP contribution < -0.4 is 0 Å². The first-order valence-corrected chi connectivity index (χ1v) is 9.04. The van der Waals surface area contributed by atoms with Gasteiger partial charge >= 0.3 is 0 Å². The second-order valence-corrected chi connectivity index (χ2v) is 11.6. The minimum atomic E-state index is -1.61. The van der Waals surface area contributed by atoms with Crippen molar-refractivity contribution < 1.29 is 4.43 Å². The average molecular weight is 239 g/mol. The number of hydrogen-bond acceptors (Lipinski definition) is 1. The van der Waals surface area contributed by atoms with Gasteiger partial charge in [-0.25, -0.2) is 0 Å². The van der Waals surface area contributed by atoms with Gasteiger partial charge in [-0.1, -0.05) is 54.2 Å². The molecule has 0 N–H and O–H groups in total. The molecule has 0 aromatic rings. The molecule has 1 fully saturated rings. The molecule has 1 aliphatic heterocycles. The third-order valence-corrected chi connectivity index (χ3v) is 10.4. The molecule has 0 aromatic carbocycles. The molecule has 0 saturated carbocycles. The van der Waals surface area contributed by atoms with Crippen LogP contribution in [0.1, 0.15) is 48.0 Å². The van der Waals surface area contributed by atoms with E-state index in [4.69, 9.17) is 4.43 Å². The fourth-order valence-corrected chi connectivity index (χ4v) is 9.14. The topological polar surface area (TPSA) is 9.23 Å². The SMILES string of the molecule is CC(C)[Si](OC1C[B]CC1)(C(C)C)C(C)C. The molecule has 1 heterocycles. The Bertz CT molecular complexity index is 188. The summed E-state index contributed by atoms with van der Waals surface area (Å²) < 4.78 is 6.69. The third kappa shape index (κ3) is 2.73. The van der Waals surface area contributed by atoms with Crippen LogP contribution in [0, 0.1) is 0 Å². The summed E-state index contributed by atoms with van der Waals surface area (Å²) >= 11 is 0. The first-order chi connectivity index (χ1) is 7.41. The predicted molar refractivity (Wildman–Crippen MR) is 75.9 cm³/mol. The molecule has 0 aromatic heterocycles. The zero-order valence-corrected chi connectivity index (χ0v) is 12.9. The first-order valence-electron chi connectivity index (χ1n) is 6.90. The standard InChI is InChI=1S/C13H28BOSi/c1-10(2)16(11(3)4,12(5)6)15-13-7-8-14-9-13/h10-13H,7-9H2,1-6H3. The van der Waals surface area contributed by atoms with Crippen molar-refractivity contribution in [2.45, 2.75) is 83.3 Å². The summed E-state index contributed by atoms with van der Waals surface area (Å²) in [6.07, 6.45) is 4.21. The second-order valence-electron chi connectivity index (χ2n) is 6.16. The second kappa shape index (κ2) is 5.72. The van der Waals surface area contributed by atoms with Crippen LogP contribution in [0.25, 0.3) is 0 Å². The number of rotatable bonds is 5. The van der Waals surface area contributed by atoms with Gasteiger partial charge in [0.15, 0.2) is 0 Å². The van der Waals surface area contributed by atoms with Crippen LogP contribution in [0.3, 0.4) is 0 Å². The molecule has 93 valence electrons. The van der Waals surface area contributed by atoms with E-state index >= 15 is 0 Å². The minimum absolute atomic E-state index is 0.527. The van der Waals surface area contributed by atoms with Crippen LogP contribution >= 0.6 is 0 Å². The van der Waals surface area contributed by atoms with Crippen molar-refractivity contribution in [3.63, 3.8) is 0 Å². The van der Waals surface area contributed by atoms with Crippen molar-refractivity contribution in [3.8, 4) is 0 Å². The Hall–Kier alpha value is 0.242. The van der Waals surface area contributed by atoms with Gasteiger partial charge in [-0.2, -0.15) is 0 Å². The number of hydrogen-bond donors (Lipinski definition) is 0. The van der Waals surface area contributed by atoms with E-state index in [1.165, 1.54) is 19.1 Å². The smallest absolute Gasteiger partial charge is 0.200 e. The molecule has 1 nitrogen and oxygen atoms in total. The quantitative estimate of drug-likeness (QED) is 0.642. The lowest BCUT2D eigenvalue weighted by Crippen LogP contribution is -2.49. The minimum Gasteiger partial charge on any atom is -0.414 e. The lowest BCUT2D eigenvalue weighted by molar-refractivity contribution is 0.195. The zero-order chi connectivity index (χ0) is 12.3. The summed E-state index contributed by atoms with van der Waals surface area (Å²) in [6, 6.07) is 0. The van der Waals surface area contributed by atoms with Crippen molar-refractivity contribution in [2.24, 2.45) is 0 Å². The van der Waals surface area contributed by atoms with Crippen LogP contribution in [0.2, 0.25) is 29.3 Å². The molecule has 1 rings (SSSR count). The molecule has 0 bridgehead atoms. The molecule has 1 radical (unpaired) electrons. The Morgan fingerprint density at radius 2 is 1.50 bits per heavy atom. The van der Waals surface area contributed by atoms with Crippen LogP contribution in [0.4, 0.5) is 0 Å². The summed E-state index contributed by atoms with van der Waals surface area (Å²) in [4.78, 5) is 0. The van der Waals surface area contributed by atoms with Crippen molar-refractivity contribution in [1.29, 1.82) is 0 Å². The maximum atomic E-state index is 6.69. The molecular weight excluding hydrogens is 211 g/mol. The zero-order valence-electron chi connectivity index (χ0n) is 11.9. The summed E-state index contributed by atoms with van der Waals surface area (Å²) in [5.41, 5.74) is 2.15. The van der Waals surface area contributed by atoms with E-state index in [0.29, 0.717) is 22.7 Å². The van der Waals surface area contributed by atoms with Crippen LogP contribution in [0.5, 0.6) is 0 Å². The first kappa shape index (κ1) is 14.3. The van der Waals surface area contributed by atoms with Crippen molar-refractivity contribution >= 4 is 15.6 Å². The van der Waals surface area contributed by atoms with E-state index in [9.17, 15) is 0 Å². The highest BCUT2D eigenvalue weighted by molar-refractivity contribution is 6.77. The van der Waals surface area contributed by atoms with Gasteiger partial charge in [0.1, 0.15) is 7.28 Å². The lowest BCUT2D eigenvalue weighted by atomic mass is 9.77. The van der Waals surface area contributed by atoms with E-state index in [0.717, 1.165) is 0 Å². The highest BCUT2D eigenvalue weighted by atomic mass is 28.4. The van der Waals surface area contributed by atoms with Gasteiger partial charge in [-0.05, 0) is 23.0 Å². The molecular formula is C13H28BOSi. The van der Waals surface area contributed by atoms with Crippen molar-refractivity contribution in [1.82, 2.24) is 0 Å². The summed E-state index contributed by atoms with van der Waals surface area (Å²) in [7, 11) is 0.781. The Morgan fingerprint density at radius 3 is 1.81 bits per heavy atom. The third-order valence-electron chi connectivity index (χ3n) is 4.20. The Labute approximate surface area is 104 Å². The molecule has 1 aliphatic rings. The van der Waals surface area contributed by atoms with Crippen molar-refractivity contribution in [2.75, 3.05) is 0 Å². The average Bonchev–Trinajstić information content (AvgIpc) is 2.64. The normalized spacial score (nSPS) is 22.2. The monoisotopic (exact) mass is 239 g/mol. The predicted octanol–water partition coefficient (Wildman–Crippen LogP) is 4.49. The molecule has 16 heavy (non-hydrogen) atoms. The summed E-state index contributed by atoms with van der Waals surface area (Å²) in [5.74, 6) is 0. The van der Waals surface area contributed by atoms with Gasteiger partial charge in [0.05, 0.1) is 0 Å². The summed E-state index contributed by atoms with van der Waals surface area (Å²) in [5, 5.41) is 0. The summed E-state index contributed by atoms with van der Waals surface area (Å²) in [6.45, 7) is 14.2. The van der Waals surface area contributed by atoms with E-state index in [1.54, 1.807) is 0 Å². The van der Waals surface area contributed by atoms with E-state index in [-0.39, 0.29) is 0 Å². The molecule has 3 heteroatoms. The Balaban J connectivity index is 2.82. The lowest BCUT2D eigenvalue weighted by Gasteiger charge is -2.44. The molecule has 1 saturated heterocycles. The fraction of sp³-hybridized carbons (Fsp3) is 1.00. The van der Waals surface area contributed by atoms with Gasteiger partial charge in [0.2, 0.25) is 8.32 Å². The van der Waals surface area contributed by atoms with Gasteiger partial charge in [0, 0.05) is 6.10 Å². The van der Waals surface area contributed by atoms with Crippen LogP contribution in [-0.2, 0) is 4.43 Å². The Kier molecular flexibility index (Phi) is 5.12. The molecule has 1 atom stereocenters. The van der Waals surface area contributed by atoms with Gasteiger partial charge in [0.25, 0.3) is 0 Å². The van der Waals surface area contributed by atoms with E-state index in [2.05, 4.69) is 48.8 Å². The van der Waals surface area contributed by atoms with Gasteiger partial charge in [-0.15, -0.1) is 0 Å². The highest BCUT2D eigenvalue weighted by Gasteiger charge is 2.46. The maximum absolute atomic E-state index is 6.69. The molecule has 0 amide bonds. The Morgan fingerprint density at radius 1 is 1.00 bits per heavy atom. The van der Waals surface area contributed by atoms with E-state index < -0.39 is 8.32 Å². The van der Waals surface area contributed by atoms with E-state index in [1.807, 2.05) is 0 Å². The van der Waals surface area contributed by atoms with Gasteiger partial charge < -0.3 is 4.43 Å². The highest BCUT2D eigenvalue weighted by Crippen LogP contribution is 2.44. The molecule has 0 aliphatic carbocycles. The molecule has 0 spiro atoms. The maximum Gasteiger partial charge on any atom is 0.200 e. The van der Waals surface area contributed by atoms with Gasteiger partial charge in [-0.3, -0.25) is 0 Å². The van der Waals surface area contributed by atoms with Crippen molar-refractivity contribution in [3.05, 3.63) is 0 Å².